The molecule has 1 heterocycles. The van der Waals surface area contributed by atoms with Crippen molar-refractivity contribution in [1.82, 2.24) is 0 Å². The first kappa shape index (κ1) is 45.6. The van der Waals surface area contributed by atoms with Crippen molar-refractivity contribution >= 4 is 24.3 Å². The van der Waals surface area contributed by atoms with Crippen LogP contribution in [0.4, 0.5) is 0 Å². The van der Waals surface area contributed by atoms with Crippen molar-refractivity contribution in [2.24, 2.45) is 23.7 Å². The van der Waals surface area contributed by atoms with Crippen LogP contribution in [0.3, 0.4) is 0 Å². The van der Waals surface area contributed by atoms with Crippen LogP contribution >= 0.6 is 0 Å². The second-order valence-corrected chi connectivity index (χ2v) is 18.9. The van der Waals surface area contributed by atoms with Gasteiger partial charge in [0, 0.05) is 5.92 Å². The topological polar surface area (TPSA) is 36.9 Å². The molecule has 4 heteroatoms. The van der Waals surface area contributed by atoms with Crippen LogP contribution in [-0.4, -0.2) is 25.9 Å². The van der Waals surface area contributed by atoms with E-state index in [0.717, 1.165) is 104 Å². The Kier molecular flexibility index (Phi) is 14.3. The zero-order chi connectivity index (χ0) is 45.6. The highest BCUT2D eigenvalue weighted by Gasteiger charge is 2.34. The van der Waals surface area contributed by atoms with E-state index in [1.165, 1.54) is 22.3 Å². The first-order valence-electron chi connectivity index (χ1n) is 24.3. The van der Waals surface area contributed by atoms with E-state index in [1.807, 2.05) is 0 Å². The summed E-state index contributed by atoms with van der Waals surface area (Å²) in [6.07, 6.45) is 13.0. The normalized spacial score (nSPS) is 16.6. The molecule has 6 aromatic carbocycles. The highest BCUT2D eigenvalue weighted by atomic mass is 16.5. The van der Waals surface area contributed by atoms with Gasteiger partial charge < -0.3 is 18.9 Å². The summed E-state index contributed by atoms with van der Waals surface area (Å²) >= 11 is 0. The number of fused-ring (bicyclic) bond motifs is 9. The smallest absolute Gasteiger partial charge is 0.162 e. The first-order chi connectivity index (χ1) is 31.5. The van der Waals surface area contributed by atoms with Crippen molar-refractivity contribution < 1.29 is 18.9 Å². The molecule has 65 heavy (non-hydrogen) atoms. The quantitative estimate of drug-likeness (QED) is 0.0962. The third kappa shape index (κ3) is 10.3. The lowest BCUT2D eigenvalue weighted by atomic mass is 9.79. The summed E-state index contributed by atoms with van der Waals surface area (Å²) < 4.78 is 27.6. The summed E-state index contributed by atoms with van der Waals surface area (Å²) in [5.74, 6) is 4.55. The Bertz CT molecular complexity index is 2650. The lowest BCUT2D eigenvalue weighted by Gasteiger charge is -2.29. The molecule has 336 valence electrons. The molecule has 1 aliphatic carbocycles. The second-order valence-electron chi connectivity index (χ2n) is 18.9. The summed E-state index contributed by atoms with van der Waals surface area (Å²) in [6, 6.07) is 40.2. The molecule has 4 nitrogen and oxygen atoms in total. The van der Waals surface area contributed by atoms with Crippen molar-refractivity contribution in [2.75, 3.05) is 19.8 Å². The van der Waals surface area contributed by atoms with E-state index in [2.05, 4.69) is 196 Å². The lowest BCUT2D eigenvalue weighted by Crippen LogP contribution is -2.34. The van der Waals surface area contributed by atoms with Crippen LogP contribution in [0.5, 0.6) is 23.0 Å². The molecule has 1 aliphatic heterocycles. The van der Waals surface area contributed by atoms with Crippen LogP contribution in [0.1, 0.15) is 108 Å². The van der Waals surface area contributed by atoms with E-state index in [9.17, 15) is 0 Å². The molecule has 0 aromatic heterocycles. The largest absolute Gasteiger partial charge is 0.489 e. The van der Waals surface area contributed by atoms with E-state index in [0.29, 0.717) is 37.6 Å². The number of hydrogen-bond acceptors (Lipinski definition) is 4. The third-order valence-corrected chi connectivity index (χ3v) is 13.9. The van der Waals surface area contributed by atoms with Gasteiger partial charge in [0.25, 0.3) is 0 Å². The predicted molar refractivity (Wildman–Crippen MR) is 275 cm³/mol. The van der Waals surface area contributed by atoms with E-state index >= 15 is 0 Å². The number of aryl methyl sites for hydroxylation is 2. The Morgan fingerprint density at radius 2 is 0.908 bits per heavy atom. The Labute approximate surface area is 389 Å². The molecule has 8 rings (SSSR count). The molecule has 0 fully saturated rings. The van der Waals surface area contributed by atoms with Crippen molar-refractivity contribution in [3.63, 3.8) is 0 Å². The number of rotatable bonds is 15. The summed E-state index contributed by atoms with van der Waals surface area (Å²) in [4.78, 5) is 0. The Morgan fingerprint density at radius 1 is 0.492 bits per heavy atom. The molecular weight excluding hydrogens is 797 g/mol. The van der Waals surface area contributed by atoms with Gasteiger partial charge in [0.15, 0.2) is 23.0 Å². The standard InChI is InChI=1S/C61H68O4/c1-10-39(5)36-62-57-32-53-51-30-46(24-22-44-18-14-41(7)15-19-44)26-28-49(51)50-29-27-47(25-23-45-20-16-42(8)17-21-45)31-52(50)54-34-59-60(65-61(43(9)12-3)48(13-4)38-64-59)35-56(54)55(53)33-58(57)63-37-40(6)11-2/h14-35,39-40,43,48,61H,10-13,36-38H2,1-9H3. The fraction of sp³-hybridized carbons (Fsp3) is 0.344. The van der Waals surface area contributed by atoms with Gasteiger partial charge >= 0.3 is 0 Å². The Morgan fingerprint density at radius 3 is 1.35 bits per heavy atom. The van der Waals surface area contributed by atoms with Gasteiger partial charge in [0.1, 0.15) is 6.10 Å². The van der Waals surface area contributed by atoms with Gasteiger partial charge in [0.2, 0.25) is 0 Å². The van der Waals surface area contributed by atoms with Gasteiger partial charge in [-0.1, -0.05) is 176 Å². The molecule has 0 bridgehead atoms. The van der Waals surface area contributed by atoms with Gasteiger partial charge in [-0.25, -0.2) is 0 Å². The third-order valence-electron chi connectivity index (χ3n) is 13.9. The highest BCUT2D eigenvalue weighted by molar-refractivity contribution is 6.05. The van der Waals surface area contributed by atoms with Crippen molar-refractivity contribution in [1.29, 1.82) is 0 Å². The molecule has 0 saturated carbocycles. The van der Waals surface area contributed by atoms with Crippen LogP contribution < -0.4 is 18.9 Å². The maximum absolute atomic E-state index is 7.17. The minimum absolute atomic E-state index is 0.0393. The molecule has 0 saturated heterocycles. The van der Waals surface area contributed by atoms with Crippen molar-refractivity contribution in [3.8, 4) is 67.5 Å². The number of benzene rings is 6. The molecule has 0 amide bonds. The van der Waals surface area contributed by atoms with Crippen LogP contribution in [-0.2, 0) is 0 Å². The van der Waals surface area contributed by atoms with E-state index in [4.69, 9.17) is 18.9 Å². The maximum Gasteiger partial charge on any atom is 0.162 e. The highest BCUT2D eigenvalue weighted by Crippen LogP contribution is 2.54. The molecule has 6 aromatic rings. The van der Waals surface area contributed by atoms with Crippen LogP contribution in [0, 0.1) is 37.5 Å². The SMILES string of the molecule is CCC(C)COc1cc2c(cc1OCC(C)CC)-c1cc3c(cc1-c1cc(C=Cc4ccc(C)cc4)ccc1-c1ccc(C=Cc4ccc(C)cc4)cc1-2)OCC(CC)C(C(C)CC)O3. The average molecular weight is 865 g/mol. The fourth-order valence-corrected chi connectivity index (χ4v) is 8.83. The van der Waals surface area contributed by atoms with Crippen molar-refractivity contribution in [2.45, 2.75) is 94.1 Å². The van der Waals surface area contributed by atoms with E-state index in [-0.39, 0.29) is 12.0 Å². The van der Waals surface area contributed by atoms with Crippen LogP contribution in [0.2, 0.25) is 0 Å². The Balaban J connectivity index is 1.40. The molecule has 0 radical (unpaired) electrons. The monoisotopic (exact) mass is 865 g/mol. The fourth-order valence-electron chi connectivity index (χ4n) is 8.83. The minimum Gasteiger partial charge on any atom is -0.489 e. The summed E-state index contributed by atoms with van der Waals surface area (Å²) in [7, 11) is 0. The number of ether oxygens (including phenoxy) is 4. The van der Waals surface area contributed by atoms with Gasteiger partial charge in [0.05, 0.1) is 19.8 Å². The first-order valence-corrected chi connectivity index (χ1v) is 24.3. The predicted octanol–water partition coefficient (Wildman–Crippen LogP) is 16.7. The number of hydrogen-bond donors (Lipinski definition) is 0. The molecule has 0 spiro atoms. The molecule has 5 atom stereocenters. The molecule has 2 aliphatic rings. The van der Waals surface area contributed by atoms with Gasteiger partial charge in [-0.15, -0.1) is 0 Å². The van der Waals surface area contributed by atoms with Gasteiger partial charge in [-0.3, -0.25) is 0 Å². The van der Waals surface area contributed by atoms with Crippen LogP contribution in [0.15, 0.2) is 109 Å². The summed E-state index contributed by atoms with van der Waals surface area (Å²) in [5, 5.41) is 0. The van der Waals surface area contributed by atoms with Gasteiger partial charge in [-0.05, 0) is 141 Å². The summed E-state index contributed by atoms with van der Waals surface area (Å²) in [5.41, 5.74) is 16.0. The maximum atomic E-state index is 7.17. The van der Waals surface area contributed by atoms with Gasteiger partial charge in [-0.2, -0.15) is 0 Å². The molecule has 5 unspecified atom stereocenters. The van der Waals surface area contributed by atoms with Crippen molar-refractivity contribution in [3.05, 3.63) is 143 Å². The minimum atomic E-state index is 0.0393. The Hall–Kier alpha value is -6.00. The molecule has 0 N–H and O–H groups in total. The zero-order valence-corrected chi connectivity index (χ0v) is 40.2. The zero-order valence-electron chi connectivity index (χ0n) is 40.2. The molecular formula is C61H68O4. The van der Waals surface area contributed by atoms with E-state index in [1.54, 1.807) is 0 Å². The average Bonchev–Trinajstić information content (AvgIpc) is 3.52. The second kappa shape index (κ2) is 20.4. The lowest BCUT2D eigenvalue weighted by molar-refractivity contribution is 0.0714. The summed E-state index contributed by atoms with van der Waals surface area (Å²) in [6.45, 7) is 21.8. The van der Waals surface area contributed by atoms with Crippen LogP contribution in [0.25, 0.3) is 68.8 Å². The van der Waals surface area contributed by atoms with E-state index < -0.39 is 0 Å².